The Morgan fingerprint density at radius 2 is 0.600 bits per heavy atom. The van der Waals surface area contributed by atoms with E-state index in [9.17, 15) is 0 Å². The van der Waals surface area contributed by atoms with E-state index in [-0.39, 0.29) is 35.9 Å². The van der Waals surface area contributed by atoms with E-state index >= 15 is 0 Å². The molecule has 0 atom stereocenters. The fourth-order valence-corrected chi connectivity index (χ4v) is 0. The zero-order valence-corrected chi connectivity index (χ0v) is 9.24. The third-order valence-corrected chi connectivity index (χ3v) is 0. The molecule has 0 unspecified atom stereocenters. The summed E-state index contributed by atoms with van der Waals surface area (Å²) in [4.78, 5) is 0. The third kappa shape index (κ3) is 482. The van der Waals surface area contributed by atoms with Crippen LogP contribution in [0.25, 0.3) is 0 Å². The van der Waals surface area contributed by atoms with Crippen LogP contribution in [0.3, 0.4) is 0 Å². The van der Waals surface area contributed by atoms with Crippen molar-refractivity contribution in [2.75, 3.05) is 0 Å². The van der Waals surface area contributed by atoms with Crippen LogP contribution in [-0.2, 0) is 17.1 Å². The molecule has 0 nitrogen and oxygen atoms in total. The largest absolute Gasteiger partial charge is 1.00 e. The number of hydrogen-bond acceptors (Lipinski definition) is 0. The van der Waals surface area contributed by atoms with Crippen molar-refractivity contribution in [2.45, 2.75) is 41.5 Å². The summed E-state index contributed by atoms with van der Waals surface area (Å²) in [5.41, 5.74) is 0. The molecule has 0 fully saturated rings. The van der Waals surface area contributed by atoms with Crippen molar-refractivity contribution < 1.29 is 35.9 Å². The fraction of sp³-hybridized carbons (Fsp3) is 0.750. The van der Waals surface area contributed by atoms with Crippen molar-refractivity contribution in [1.82, 2.24) is 0 Å². The van der Waals surface area contributed by atoms with Crippen molar-refractivity contribution >= 4 is 0 Å². The topological polar surface area (TPSA) is 0 Å². The summed E-state index contributed by atoms with van der Waals surface area (Å²) in [5.74, 6) is 2.83. The molecule has 0 amide bonds. The zero-order chi connectivity index (χ0) is 7.15. The van der Waals surface area contributed by atoms with Crippen LogP contribution in [0, 0.1) is 11.8 Å². The predicted molar refractivity (Wildman–Crippen MR) is 40.5 cm³/mol. The van der Waals surface area contributed by atoms with Crippen LogP contribution in [-0.4, -0.2) is 0 Å². The van der Waals surface area contributed by atoms with Crippen LogP contribution in [0.1, 0.15) is 41.5 Å². The molecule has 0 spiro atoms. The van der Waals surface area contributed by atoms with E-state index in [1.54, 1.807) is 0 Å². The van der Waals surface area contributed by atoms with E-state index in [2.05, 4.69) is 41.5 Å². The van der Waals surface area contributed by atoms with Crippen molar-refractivity contribution in [1.29, 1.82) is 0 Å². The van der Waals surface area contributed by atoms with E-state index < -0.39 is 0 Å². The first-order chi connectivity index (χ1) is 3.46. The minimum atomic E-state index is 0. The second-order valence-corrected chi connectivity index (χ2v) is 3.00. The molecule has 0 aliphatic heterocycles. The van der Waals surface area contributed by atoms with Gasteiger partial charge in [0.15, 0.2) is 0 Å². The Bertz CT molecular complexity index is 24.7. The van der Waals surface area contributed by atoms with Gasteiger partial charge in [-0.25, -0.2) is 0 Å². The Labute approximate surface area is 89.2 Å². The van der Waals surface area contributed by atoms with E-state index in [1.165, 1.54) is 11.8 Å². The Morgan fingerprint density at radius 3 is 0.600 bits per heavy atom. The van der Waals surface area contributed by atoms with Crippen LogP contribution in [0.5, 0.6) is 0 Å². The number of rotatable bonds is 0. The standard InChI is InChI=1S/2C4H9.Cu.Li/c2*1-4(2)3;;/h2*1-3H3;;/q2*-1;2*+1. The Balaban J connectivity index is -0.0000000300. The van der Waals surface area contributed by atoms with Crippen LogP contribution in [0.15, 0.2) is 0 Å². The molecule has 0 aliphatic carbocycles. The molecule has 0 N–H and O–H groups in total. The Morgan fingerprint density at radius 1 is 0.600 bits per heavy atom. The van der Waals surface area contributed by atoms with Crippen molar-refractivity contribution in [3.05, 3.63) is 11.8 Å². The molecule has 0 bridgehead atoms. The first-order valence-electron chi connectivity index (χ1n) is 3.00. The van der Waals surface area contributed by atoms with Gasteiger partial charge in [-0.15, -0.1) is 0 Å². The van der Waals surface area contributed by atoms with Gasteiger partial charge in [-0.05, 0) is 0 Å². The van der Waals surface area contributed by atoms with Gasteiger partial charge in [-0.3, -0.25) is 0 Å². The summed E-state index contributed by atoms with van der Waals surface area (Å²) in [6.07, 6.45) is 0. The van der Waals surface area contributed by atoms with Gasteiger partial charge in [0.25, 0.3) is 0 Å². The first-order valence-corrected chi connectivity index (χ1v) is 3.00. The maximum Gasteiger partial charge on any atom is 1.00 e. The average molecular weight is 185 g/mol. The van der Waals surface area contributed by atoms with Gasteiger partial charge in [0.1, 0.15) is 0 Å². The molecule has 0 heterocycles. The summed E-state index contributed by atoms with van der Waals surface area (Å²) in [7, 11) is 0. The van der Waals surface area contributed by atoms with E-state index in [1.807, 2.05) is 0 Å². The quantitative estimate of drug-likeness (QED) is 0.374. The molecule has 0 aromatic rings. The SMILES string of the molecule is C[C-](C)C.C[C-](C)C.[Cu+].[Li+]. The molecule has 2 heteroatoms. The molecule has 0 saturated heterocycles. The molecule has 10 heavy (non-hydrogen) atoms. The minimum Gasteiger partial charge on any atom is -0.323 e. The van der Waals surface area contributed by atoms with Gasteiger partial charge in [-0.1, -0.05) is 0 Å². The summed E-state index contributed by atoms with van der Waals surface area (Å²) >= 11 is 0. The van der Waals surface area contributed by atoms with Gasteiger partial charge in [0, 0.05) is 0 Å². The van der Waals surface area contributed by atoms with Crippen LogP contribution in [0.2, 0.25) is 0 Å². The normalized spacial score (nSPS) is 7.20. The monoisotopic (exact) mass is 184 g/mol. The van der Waals surface area contributed by atoms with Crippen molar-refractivity contribution in [2.24, 2.45) is 0 Å². The van der Waals surface area contributed by atoms with Crippen LogP contribution in [0.4, 0.5) is 0 Å². The van der Waals surface area contributed by atoms with Crippen LogP contribution < -0.4 is 18.9 Å². The summed E-state index contributed by atoms with van der Waals surface area (Å²) in [6, 6.07) is 0. The second-order valence-electron chi connectivity index (χ2n) is 3.00. The first kappa shape index (κ1) is 22.5. The summed E-state index contributed by atoms with van der Waals surface area (Å²) < 4.78 is 0. The predicted octanol–water partition coefficient (Wildman–Crippen LogP) is 0.243. The smallest absolute Gasteiger partial charge is 0.323 e. The van der Waals surface area contributed by atoms with Crippen LogP contribution >= 0.6 is 0 Å². The maximum absolute atomic E-state index is 2.08. The average Bonchev–Trinajstić information content (AvgIpc) is 1.25. The van der Waals surface area contributed by atoms with Gasteiger partial charge in [0.2, 0.25) is 0 Å². The maximum atomic E-state index is 2.08. The van der Waals surface area contributed by atoms with Gasteiger partial charge < -0.3 is 11.8 Å². The molecular formula is C8H18CuLi. The molecule has 0 aliphatic rings. The van der Waals surface area contributed by atoms with Gasteiger partial charge in [-0.2, -0.15) is 41.5 Å². The van der Waals surface area contributed by atoms with Crippen molar-refractivity contribution in [3.63, 3.8) is 0 Å². The van der Waals surface area contributed by atoms with Gasteiger partial charge >= 0.3 is 35.9 Å². The summed E-state index contributed by atoms with van der Waals surface area (Å²) in [5, 5.41) is 0. The summed E-state index contributed by atoms with van der Waals surface area (Å²) in [6.45, 7) is 12.5. The zero-order valence-electron chi connectivity index (χ0n) is 8.30. The Kier molecular flexibility index (Phi) is 37.3. The van der Waals surface area contributed by atoms with Gasteiger partial charge in [0.05, 0.1) is 0 Å². The number of hydrogen-bond donors (Lipinski definition) is 0. The third-order valence-electron chi connectivity index (χ3n) is 0. The molecule has 0 rings (SSSR count). The minimum absolute atomic E-state index is 0. The molecule has 0 radical (unpaired) electrons. The molecular weight excluding hydrogens is 167 g/mol. The molecule has 0 saturated carbocycles. The molecule has 0 aromatic heterocycles. The molecule has 0 aromatic carbocycles. The van der Waals surface area contributed by atoms with Crippen molar-refractivity contribution in [3.8, 4) is 0 Å². The Hall–Kier alpha value is 1.12. The van der Waals surface area contributed by atoms with E-state index in [0.29, 0.717) is 0 Å². The second kappa shape index (κ2) is 16.6. The van der Waals surface area contributed by atoms with E-state index in [4.69, 9.17) is 0 Å². The fourth-order valence-electron chi connectivity index (χ4n) is 0. The van der Waals surface area contributed by atoms with E-state index in [0.717, 1.165) is 0 Å². The molecule has 62 valence electrons.